The van der Waals surface area contributed by atoms with E-state index in [-0.39, 0.29) is 12.1 Å². The highest BCUT2D eigenvalue weighted by molar-refractivity contribution is 6.30. The normalized spacial score (nSPS) is 18.0. The zero-order valence-electron chi connectivity index (χ0n) is 14.7. The van der Waals surface area contributed by atoms with Gasteiger partial charge in [0.1, 0.15) is 5.60 Å². The fraction of sp³-hybridized carbons (Fsp3) is 0.263. The second kappa shape index (κ2) is 6.88. The van der Waals surface area contributed by atoms with Gasteiger partial charge in [-0.2, -0.15) is 0 Å². The minimum absolute atomic E-state index is 0.293. The van der Waals surface area contributed by atoms with Gasteiger partial charge in [0.2, 0.25) is 0 Å². The van der Waals surface area contributed by atoms with Crippen LogP contribution in [0.25, 0.3) is 0 Å². The molecule has 26 heavy (non-hydrogen) atoms. The molecule has 0 bridgehead atoms. The summed E-state index contributed by atoms with van der Waals surface area (Å²) in [4.78, 5) is 23.8. The van der Waals surface area contributed by atoms with Gasteiger partial charge in [-0.05, 0) is 62.2 Å². The predicted molar refractivity (Wildman–Crippen MR) is 102 cm³/mol. The summed E-state index contributed by atoms with van der Waals surface area (Å²) in [6.45, 7) is 5.55. The molecule has 1 saturated heterocycles. The Hall–Kier alpha value is -2.73. The van der Waals surface area contributed by atoms with Crippen molar-refractivity contribution < 1.29 is 14.3 Å². The van der Waals surface area contributed by atoms with Gasteiger partial charge in [0, 0.05) is 16.4 Å². The predicted octanol–water partition coefficient (Wildman–Crippen LogP) is 4.85. The molecule has 7 heteroatoms. The molecule has 2 aromatic rings. The number of alkyl carbamates (subject to hydrolysis) is 1. The van der Waals surface area contributed by atoms with E-state index in [4.69, 9.17) is 16.3 Å². The summed E-state index contributed by atoms with van der Waals surface area (Å²) in [5, 5.41) is 9.00. The molecule has 1 unspecified atom stereocenters. The number of halogens is 1. The molecule has 0 saturated carbocycles. The highest BCUT2D eigenvalue weighted by Crippen LogP contribution is 2.34. The van der Waals surface area contributed by atoms with Gasteiger partial charge in [-0.3, -0.25) is 0 Å². The zero-order chi connectivity index (χ0) is 18.9. The average Bonchev–Trinajstić information content (AvgIpc) is 2.83. The van der Waals surface area contributed by atoms with E-state index in [0.29, 0.717) is 16.4 Å². The lowest BCUT2D eigenvalue weighted by Crippen LogP contribution is -2.30. The molecule has 3 amide bonds. The summed E-state index contributed by atoms with van der Waals surface area (Å²) in [5.74, 6) is 0. The first-order valence-electron chi connectivity index (χ1n) is 8.18. The van der Waals surface area contributed by atoms with Crippen molar-refractivity contribution >= 4 is 35.1 Å². The third kappa shape index (κ3) is 3.91. The molecular weight excluding hydrogens is 354 g/mol. The van der Waals surface area contributed by atoms with E-state index >= 15 is 0 Å². The highest BCUT2D eigenvalue weighted by atomic mass is 35.5. The molecule has 3 rings (SSSR count). The minimum atomic E-state index is -0.668. The molecule has 1 aliphatic heterocycles. The Balaban J connectivity index is 1.72. The van der Waals surface area contributed by atoms with Crippen LogP contribution in [0.1, 0.15) is 31.0 Å². The van der Waals surface area contributed by atoms with Crippen LogP contribution >= 0.6 is 11.6 Å². The van der Waals surface area contributed by atoms with Crippen molar-refractivity contribution in [1.82, 2.24) is 5.32 Å². The Kier molecular flexibility index (Phi) is 4.78. The van der Waals surface area contributed by atoms with Gasteiger partial charge < -0.3 is 20.7 Å². The number of cyclic esters (lactones) is 1. The number of ether oxygens (including phenoxy) is 1. The fourth-order valence-corrected chi connectivity index (χ4v) is 3.18. The van der Waals surface area contributed by atoms with E-state index in [9.17, 15) is 9.59 Å². The topological polar surface area (TPSA) is 79.5 Å². The molecule has 6 nitrogen and oxygen atoms in total. The number of carbonyl (C=O) groups excluding carboxylic acids is 2. The molecule has 0 aromatic heterocycles. The number of carbonyl (C=O) groups is 2. The van der Waals surface area contributed by atoms with E-state index in [1.54, 1.807) is 24.3 Å². The summed E-state index contributed by atoms with van der Waals surface area (Å²) < 4.78 is 5.28. The number of benzene rings is 2. The van der Waals surface area contributed by atoms with Crippen LogP contribution in [0, 0.1) is 6.92 Å². The van der Waals surface area contributed by atoms with Gasteiger partial charge >= 0.3 is 12.1 Å². The Morgan fingerprint density at radius 3 is 2.62 bits per heavy atom. The molecule has 136 valence electrons. The van der Waals surface area contributed by atoms with Crippen LogP contribution in [0.5, 0.6) is 0 Å². The third-order valence-corrected chi connectivity index (χ3v) is 4.46. The maximum Gasteiger partial charge on any atom is 0.408 e. The van der Waals surface area contributed by atoms with Crippen LogP contribution in [0.15, 0.2) is 42.5 Å². The number of hydrogen-bond acceptors (Lipinski definition) is 3. The molecule has 0 spiro atoms. The monoisotopic (exact) mass is 373 g/mol. The zero-order valence-corrected chi connectivity index (χ0v) is 15.5. The molecule has 0 aliphatic carbocycles. The number of rotatable bonds is 3. The Morgan fingerprint density at radius 2 is 1.96 bits per heavy atom. The van der Waals surface area contributed by atoms with Crippen molar-refractivity contribution in [3.63, 3.8) is 0 Å². The quantitative estimate of drug-likeness (QED) is 0.719. The lowest BCUT2D eigenvalue weighted by Gasteiger charge is -2.24. The fourth-order valence-electron chi connectivity index (χ4n) is 2.95. The lowest BCUT2D eigenvalue weighted by atomic mass is 9.92. The molecule has 1 fully saturated rings. The number of amides is 3. The summed E-state index contributed by atoms with van der Waals surface area (Å²) >= 11 is 5.93. The van der Waals surface area contributed by atoms with Gasteiger partial charge in [-0.15, -0.1) is 0 Å². The molecule has 0 radical (unpaired) electrons. The maximum atomic E-state index is 12.3. The Morgan fingerprint density at radius 1 is 1.19 bits per heavy atom. The second-order valence-electron chi connectivity index (χ2n) is 6.73. The average molecular weight is 374 g/mol. The van der Waals surface area contributed by atoms with Crippen molar-refractivity contribution in [1.29, 1.82) is 0 Å². The largest absolute Gasteiger partial charge is 0.441 e. The van der Waals surface area contributed by atoms with Crippen molar-refractivity contribution in [2.45, 2.75) is 32.4 Å². The standard InChI is InChI=1S/C19H20ClN3O3/c1-11-9-13(20)7-8-15(11)22-17(24)21-14-6-4-5-12(10-14)16-19(2,3)26-18(25)23-16/h4-10,16H,1-3H3,(H,23,25)(H2,21,22,24). The van der Waals surface area contributed by atoms with Crippen LogP contribution in [0.3, 0.4) is 0 Å². The van der Waals surface area contributed by atoms with Crippen molar-refractivity contribution in [3.05, 3.63) is 58.6 Å². The highest BCUT2D eigenvalue weighted by Gasteiger charge is 2.42. The smallest absolute Gasteiger partial charge is 0.408 e. The van der Waals surface area contributed by atoms with Gasteiger partial charge in [0.05, 0.1) is 6.04 Å². The summed E-state index contributed by atoms with van der Waals surface area (Å²) in [5.41, 5.74) is 2.35. The first-order chi connectivity index (χ1) is 12.2. The van der Waals surface area contributed by atoms with Gasteiger partial charge in [-0.25, -0.2) is 9.59 Å². The molecule has 1 heterocycles. The molecule has 1 atom stereocenters. The second-order valence-corrected chi connectivity index (χ2v) is 7.17. The summed E-state index contributed by atoms with van der Waals surface area (Å²) in [6.07, 6.45) is -0.450. The van der Waals surface area contributed by atoms with E-state index in [1.807, 2.05) is 39.0 Å². The van der Waals surface area contributed by atoms with Crippen molar-refractivity contribution in [2.75, 3.05) is 10.6 Å². The van der Waals surface area contributed by atoms with Crippen LogP contribution in [-0.2, 0) is 4.74 Å². The van der Waals surface area contributed by atoms with E-state index < -0.39 is 11.7 Å². The van der Waals surface area contributed by atoms with E-state index in [0.717, 1.165) is 11.1 Å². The summed E-state index contributed by atoms with van der Waals surface area (Å²) in [7, 11) is 0. The molecule has 3 N–H and O–H groups in total. The van der Waals surface area contributed by atoms with E-state index in [1.165, 1.54) is 0 Å². The number of urea groups is 1. The number of anilines is 2. The third-order valence-electron chi connectivity index (χ3n) is 4.23. The van der Waals surface area contributed by atoms with Gasteiger partial charge in [0.25, 0.3) is 0 Å². The minimum Gasteiger partial charge on any atom is -0.441 e. The summed E-state index contributed by atoms with van der Waals surface area (Å²) in [6, 6.07) is 11.9. The first-order valence-corrected chi connectivity index (χ1v) is 8.56. The number of hydrogen-bond donors (Lipinski definition) is 3. The van der Waals surface area contributed by atoms with Crippen molar-refractivity contribution in [2.24, 2.45) is 0 Å². The van der Waals surface area contributed by atoms with E-state index in [2.05, 4.69) is 16.0 Å². The SMILES string of the molecule is Cc1cc(Cl)ccc1NC(=O)Nc1cccc(C2NC(=O)OC2(C)C)c1. The van der Waals surface area contributed by atoms with Gasteiger partial charge in [-0.1, -0.05) is 23.7 Å². The molecule has 2 aromatic carbocycles. The number of nitrogens with one attached hydrogen (secondary N) is 3. The Labute approximate surface area is 156 Å². The van der Waals surface area contributed by atoms with Crippen LogP contribution in [0.4, 0.5) is 21.0 Å². The lowest BCUT2D eigenvalue weighted by molar-refractivity contribution is 0.0684. The first kappa shape index (κ1) is 18.1. The molecule has 1 aliphatic rings. The maximum absolute atomic E-state index is 12.3. The Bertz CT molecular complexity index is 867. The van der Waals surface area contributed by atoms with Crippen LogP contribution < -0.4 is 16.0 Å². The molecular formula is C19H20ClN3O3. The number of aryl methyl sites for hydroxylation is 1. The van der Waals surface area contributed by atoms with Crippen LogP contribution in [-0.4, -0.2) is 17.7 Å². The van der Waals surface area contributed by atoms with Gasteiger partial charge in [0.15, 0.2) is 0 Å². The van der Waals surface area contributed by atoms with Crippen LogP contribution in [0.2, 0.25) is 5.02 Å². The van der Waals surface area contributed by atoms with Crippen molar-refractivity contribution in [3.8, 4) is 0 Å².